The first-order valence-corrected chi connectivity index (χ1v) is 7.19. The molecule has 0 aliphatic heterocycles. The predicted molar refractivity (Wildman–Crippen MR) is 74.4 cm³/mol. The molecule has 1 aliphatic rings. The van der Waals surface area contributed by atoms with Gasteiger partial charge in [-0.2, -0.15) is 5.26 Å². The Labute approximate surface area is 118 Å². The van der Waals surface area contributed by atoms with Crippen LogP contribution < -0.4 is 5.32 Å². The van der Waals surface area contributed by atoms with E-state index < -0.39 is 11.9 Å². The molecule has 0 aromatic heterocycles. The molecule has 1 unspecified atom stereocenters. The molecule has 1 N–H and O–H groups in total. The Morgan fingerprint density at radius 2 is 1.95 bits per heavy atom. The zero-order valence-electron chi connectivity index (χ0n) is 10.8. The van der Waals surface area contributed by atoms with Crippen molar-refractivity contribution in [3.8, 4) is 6.07 Å². The maximum Gasteiger partial charge on any atom is 0.141 e. The lowest BCUT2D eigenvalue weighted by Crippen LogP contribution is -2.31. The van der Waals surface area contributed by atoms with Crippen LogP contribution >= 0.6 is 11.6 Å². The first-order valence-electron chi connectivity index (χ1n) is 6.81. The zero-order valence-corrected chi connectivity index (χ0v) is 11.6. The van der Waals surface area contributed by atoms with Gasteiger partial charge in [-0.15, -0.1) is 0 Å². The van der Waals surface area contributed by atoms with E-state index >= 15 is 0 Å². The number of rotatable bonds is 3. The van der Waals surface area contributed by atoms with Crippen molar-refractivity contribution in [1.29, 1.82) is 5.26 Å². The minimum atomic E-state index is -0.448. The summed E-state index contributed by atoms with van der Waals surface area (Å²) >= 11 is 5.77. The molecule has 1 atom stereocenters. The molecule has 0 heterocycles. The van der Waals surface area contributed by atoms with Gasteiger partial charge < -0.3 is 0 Å². The first kappa shape index (κ1) is 14.3. The zero-order chi connectivity index (χ0) is 13.7. The van der Waals surface area contributed by atoms with E-state index in [1.165, 1.54) is 37.8 Å². The highest BCUT2D eigenvalue weighted by Crippen LogP contribution is 2.24. The van der Waals surface area contributed by atoms with Crippen LogP contribution in [0.5, 0.6) is 0 Å². The molecule has 0 bridgehead atoms. The lowest BCUT2D eigenvalue weighted by molar-refractivity contribution is 0.436. The first-order chi connectivity index (χ1) is 9.20. The Bertz CT molecular complexity index is 462. The molecule has 0 spiro atoms. The van der Waals surface area contributed by atoms with Crippen molar-refractivity contribution in [3.05, 3.63) is 34.6 Å². The van der Waals surface area contributed by atoms with Crippen LogP contribution in [0.25, 0.3) is 0 Å². The molecule has 19 heavy (non-hydrogen) atoms. The molecule has 0 saturated heterocycles. The highest BCUT2D eigenvalue weighted by molar-refractivity contribution is 6.30. The lowest BCUT2D eigenvalue weighted by atomic mass is 10.0. The topological polar surface area (TPSA) is 35.8 Å². The quantitative estimate of drug-likeness (QED) is 0.835. The third-order valence-corrected chi connectivity index (χ3v) is 3.95. The fourth-order valence-electron chi connectivity index (χ4n) is 2.58. The molecule has 1 aromatic carbocycles. The molecule has 0 amide bonds. The second kappa shape index (κ2) is 6.88. The number of nitriles is 1. The average molecular weight is 281 g/mol. The van der Waals surface area contributed by atoms with E-state index in [1.54, 1.807) is 6.07 Å². The molecule has 1 saturated carbocycles. The van der Waals surface area contributed by atoms with Gasteiger partial charge in [0, 0.05) is 6.04 Å². The second-order valence-corrected chi connectivity index (χ2v) is 5.50. The van der Waals surface area contributed by atoms with Crippen LogP contribution in [0, 0.1) is 17.1 Å². The fourth-order valence-corrected chi connectivity index (χ4v) is 2.77. The number of nitrogens with one attached hydrogen (secondary N) is 1. The Kier molecular flexibility index (Phi) is 5.18. The Hall–Kier alpha value is -1.11. The molecule has 2 nitrogen and oxygen atoms in total. The summed E-state index contributed by atoms with van der Waals surface area (Å²) in [7, 11) is 0. The summed E-state index contributed by atoms with van der Waals surface area (Å²) in [5, 5.41) is 12.7. The number of hydrogen-bond donors (Lipinski definition) is 1. The smallest absolute Gasteiger partial charge is 0.141 e. The van der Waals surface area contributed by atoms with Crippen molar-refractivity contribution >= 4 is 11.6 Å². The van der Waals surface area contributed by atoms with E-state index in [0.29, 0.717) is 6.04 Å². The van der Waals surface area contributed by atoms with E-state index in [9.17, 15) is 9.65 Å². The van der Waals surface area contributed by atoms with Crippen molar-refractivity contribution in [2.45, 2.75) is 50.6 Å². The van der Waals surface area contributed by atoms with Crippen molar-refractivity contribution < 1.29 is 4.39 Å². The fraction of sp³-hybridized carbons (Fsp3) is 0.533. The Morgan fingerprint density at radius 1 is 1.26 bits per heavy atom. The van der Waals surface area contributed by atoms with Crippen molar-refractivity contribution in [2.24, 2.45) is 0 Å². The van der Waals surface area contributed by atoms with Gasteiger partial charge in [0.05, 0.1) is 11.1 Å². The van der Waals surface area contributed by atoms with Gasteiger partial charge in [0.15, 0.2) is 0 Å². The van der Waals surface area contributed by atoms with Crippen LogP contribution in [0.1, 0.15) is 50.1 Å². The van der Waals surface area contributed by atoms with E-state index in [1.807, 2.05) is 0 Å². The third-order valence-electron chi connectivity index (χ3n) is 3.66. The van der Waals surface area contributed by atoms with Gasteiger partial charge in [0.2, 0.25) is 0 Å². The molecular weight excluding hydrogens is 263 g/mol. The van der Waals surface area contributed by atoms with Crippen molar-refractivity contribution in [1.82, 2.24) is 5.32 Å². The number of benzene rings is 1. The van der Waals surface area contributed by atoms with Crippen LogP contribution in [-0.2, 0) is 0 Å². The standard InChI is InChI=1S/C15H18ClFN2/c16-13-9-11(7-8-14(13)17)15(10-18)19-12-5-3-1-2-4-6-12/h7-9,12,15,19H,1-6H2. The Morgan fingerprint density at radius 3 is 2.53 bits per heavy atom. The molecule has 1 aliphatic carbocycles. The third kappa shape index (κ3) is 3.92. The maximum atomic E-state index is 13.1. The van der Waals surface area contributed by atoms with Gasteiger partial charge in [-0.05, 0) is 30.5 Å². The van der Waals surface area contributed by atoms with Crippen LogP contribution in [0.2, 0.25) is 5.02 Å². The van der Waals surface area contributed by atoms with Gasteiger partial charge in [-0.25, -0.2) is 4.39 Å². The SMILES string of the molecule is N#CC(NC1CCCCCC1)c1ccc(F)c(Cl)c1. The number of halogens is 2. The Balaban J connectivity index is 2.06. The molecule has 0 radical (unpaired) electrons. The van der Waals surface area contributed by atoms with Gasteiger partial charge in [-0.3, -0.25) is 5.32 Å². The van der Waals surface area contributed by atoms with Crippen LogP contribution in [0.15, 0.2) is 18.2 Å². The molecule has 2 rings (SSSR count). The van der Waals surface area contributed by atoms with Crippen LogP contribution in [0.4, 0.5) is 4.39 Å². The van der Waals surface area contributed by atoms with Crippen molar-refractivity contribution in [2.75, 3.05) is 0 Å². The van der Waals surface area contributed by atoms with E-state index in [-0.39, 0.29) is 5.02 Å². The molecular formula is C15H18ClFN2. The van der Waals surface area contributed by atoms with Gasteiger partial charge >= 0.3 is 0 Å². The predicted octanol–water partition coefficient (Wildman–Crippen LogP) is 4.36. The molecule has 102 valence electrons. The monoisotopic (exact) mass is 280 g/mol. The lowest BCUT2D eigenvalue weighted by Gasteiger charge is -2.20. The number of nitrogens with zero attached hydrogens (tertiary/aromatic N) is 1. The minimum absolute atomic E-state index is 0.0698. The van der Waals surface area contributed by atoms with E-state index in [4.69, 9.17) is 11.6 Å². The highest BCUT2D eigenvalue weighted by Gasteiger charge is 2.18. The summed E-state index contributed by atoms with van der Waals surface area (Å²) in [6, 6.07) is 6.67. The van der Waals surface area contributed by atoms with E-state index in [0.717, 1.165) is 18.4 Å². The summed E-state index contributed by atoms with van der Waals surface area (Å²) in [5.41, 5.74) is 0.734. The largest absolute Gasteiger partial charge is 0.295 e. The summed E-state index contributed by atoms with van der Waals surface area (Å²) in [4.78, 5) is 0. The maximum absolute atomic E-state index is 13.1. The van der Waals surface area contributed by atoms with Crippen LogP contribution in [0.3, 0.4) is 0 Å². The van der Waals surface area contributed by atoms with Gasteiger partial charge in [0.25, 0.3) is 0 Å². The minimum Gasteiger partial charge on any atom is -0.295 e. The summed E-state index contributed by atoms with van der Waals surface area (Å²) in [6.45, 7) is 0. The number of hydrogen-bond acceptors (Lipinski definition) is 2. The van der Waals surface area contributed by atoms with E-state index in [2.05, 4.69) is 11.4 Å². The molecule has 1 aromatic rings. The second-order valence-electron chi connectivity index (χ2n) is 5.09. The summed E-state index contributed by atoms with van der Waals surface area (Å²) < 4.78 is 13.1. The molecule has 4 heteroatoms. The normalized spacial score (nSPS) is 18.6. The summed E-state index contributed by atoms with van der Waals surface area (Å²) in [6.07, 6.45) is 7.18. The van der Waals surface area contributed by atoms with Gasteiger partial charge in [-0.1, -0.05) is 43.4 Å². The summed E-state index contributed by atoms with van der Waals surface area (Å²) in [5.74, 6) is -0.448. The average Bonchev–Trinajstić information content (AvgIpc) is 2.68. The molecule has 1 fully saturated rings. The highest BCUT2D eigenvalue weighted by atomic mass is 35.5. The van der Waals surface area contributed by atoms with Crippen molar-refractivity contribution in [3.63, 3.8) is 0 Å². The van der Waals surface area contributed by atoms with Crippen LogP contribution in [-0.4, -0.2) is 6.04 Å². The van der Waals surface area contributed by atoms with Gasteiger partial charge in [0.1, 0.15) is 11.9 Å².